The third-order valence-corrected chi connectivity index (χ3v) is 10.3. The molecular formula is C51H48O19. The van der Waals surface area contributed by atoms with E-state index in [4.69, 9.17) is 52.1 Å². The molecule has 4 aromatic carbocycles. The minimum absolute atomic E-state index is 0.0157. The molecule has 2 aliphatic rings. The van der Waals surface area contributed by atoms with Crippen LogP contribution >= 0.6 is 0 Å². The van der Waals surface area contributed by atoms with E-state index in [2.05, 4.69) is 13.2 Å². The molecule has 0 amide bonds. The van der Waals surface area contributed by atoms with E-state index in [9.17, 15) is 38.4 Å². The molecule has 0 bridgehead atoms. The number of unbranched alkanes of at least 4 members (excludes halogenated alkanes) is 3. The summed E-state index contributed by atoms with van der Waals surface area (Å²) in [5, 5.41) is 0. The summed E-state index contributed by atoms with van der Waals surface area (Å²) in [7, 11) is 0. The van der Waals surface area contributed by atoms with Gasteiger partial charge in [0.25, 0.3) is 0 Å². The number of rotatable bonds is 23. The molecule has 2 saturated heterocycles. The molecule has 2 heterocycles. The predicted molar refractivity (Wildman–Crippen MR) is 242 cm³/mol. The van der Waals surface area contributed by atoms with Crippen LogP contribution in [0.15, 0.2) is 122 Å². The molecule has 2 fully saturated rings. The van der Waals surface area contributed by atoms with Crippen molar-refractivity contribution in [2.45, 2.75) is 62.9 Å². The minimum atomic E-state index is -0.943. The Morgan fingerprint density at radius 3 is 1.19 bits per heavy atom. The first-order valence-corrected chi connectivity index (χ1v) is 22.0. The number of allylic oxidation sites excluding steroid dienone is 1. The fraction of sp³-hybridized carbons (Fsp3) is 0.294. The quantitative estimate of drug-likeness (QED) is 0.0174. The average Bonchev–Trinajstić information content (AvgIpc) is 3.96. The number of benzene rings is 4. The van der Waals surface area contributed by atoms with Gasteiger partial charge in [-0.1, -0.05) is 13.2 Å². The number of ketones is 1. The maximum absolute atomic E-state index is 13.1. The van der Waals surface area contributed by atoms with Crippen LogP contribution in [0.2, 0.25) is 0 Å². The Balaban J connectivity index is 0.876. The average molecular weight is 965 g/mol. The largest absolute Gasteiger partial charge is 0.513 e. The summed E-state index contributed by atoms with van der Waals surface area (Å²) < 4.78 is 59.0. The molecule has 0 radical (unpaired) electrons. The summed E-state index contributed by atoms with van der Waals surface area (Å²) >= 11 is 0. The third-order valence-electron chi connectivity index (χ3n) is 10.3. The Bertz CT molecular complexity index is 2320. The normalized spacial score (nSPS) is 16.6. The highest BCUT2D eigenvalue weighted by Gasteiger charge is 2.51. The second-order valence-corrected chi connectivity index (χ2v) is 15.3. The number of hydrogen-bond acceptors (Lipinski definition) is 19. The monoisotopic (exact) mass is 964 g/mol. The molecule has 4 aromatic rings. The van der Waals surface area contributed by atoms with Crippen LogP contribution in [0.1, 0.15) is 80.0 Å². The maximum Gasteiger partial charge on any atom is 0.513 e. The maximum atomic E-state index is 13.1. The van der Waals surface area contributed by atoms with Crippen molar-refractivity contribution in [3.63, 3.8) is 0 Å². The lowest BCUT2D eigenvalue weighted by molar-refractivity contribution is -0.137. The van der Waals surface area contributed by atoms with Crippen molar-refractivity contribution >= 4 is 47.9 Å². The van der Waals surface area contributed by atoms with Crippen LogP contribution in [0, 0.1) is 0 Å². The molecule has 366 valence electrons. The molecule has 0 aromatic heterocycles. The fourth-order valence-corrected chi connectivity index (χ4v) is 6.69. The Kier molecular flexibility index (Phi) is 18.9. The lowest BCUT2D eigenvalue weighted by Crippen LogP contribution is -2.36. The second-order valence-electron chi connectivity index (χ2n) is 15.3. The Hall–Kier alpha value is -8.16. The smallest absolute Gasteiger partial charge is 0.463 e. The fourth-order valence-electron chi connectivity index (χ4n) is 6.69. The van der Waals surface area contributed by atoms with E-state index in [0.717, 1.165) is 6.08 Å². The van der Waals surface area contributed by atoms with Gasteiger partial charge in [-0.05, 0) is 135 Å². The second kappa shape index (κ2) is 25.8. The van der Waals surface area contributed by atoms with Crippen molar-refractivity contribution in [3.8, 4) is 23.0 Å². The van der Waals surface area contributed by atoms with Crippen LogP contribution in [0.25, 0.3) is 0 Å². The van der Waals surface area contributed by atoms with E-state index in [1.165, 1.54) is 103 Å². The van der Waals surface area contributed by atoms with E-state index < -0.39 is 66.6 Å². The Morgan fingerprint density at radius 1 is 0.443 bits per heavy atom. The predicted octanol–water partition coefficient (Wildman–Crippen LogP) is 7.53. The number of hydrogen-bond donors (Lipinski definition) is 0. The van der Waals surface area contributed by atoms with E-state index in [1.54, 1.807) is 0 Å². The highest BCUT2D eigenvalue weighted by atomic mass is 16.7. The first-order valence-electron chi connectivity index (χ1n) is 22.0. The highest BCUT2D eigenvalue weighted by molar-refractivity contribution is 5.93. The summed E-state index contributed by atoms with van der Waals surface area (Å²) in [4.78, 5) is 97.9. The van der Waals surface area contributed by atoms with Gasteiger partial charge in [-0.3, -0.25) is 4.79 Å². The molecule has 0 unspecified atom stereocenters. The zero-order valence-corrected chi connectivity index (χ0v) is 37.7. The number of ether oxygens (including phenoxy) is 11. The van der Waals surface area contributed by atoms with E-state index in [1.807, 2.05) is 0 Å². The highest BCUT2D eigenvalue weighted by Crippen LogP contribution is 2.32. The van der Waals surface area contributed by atoms with E-state index >= 15 is 0 Å². The third kappa shape index (κ3) is 15.4. The van der Waals surface area contributed by atoms with Gasteiger partial charge in [-0.25, -0.2) is 33.6 Å². The van der Waals surface area contributed by atoms with Crippen LogP contribution in [0.4, 0.5) is 9.59 Å². The molecular weight excluding hydrogens is 917 g/mol. The summed E-state index contributed by atoms with van der Waals surface area (Å²) in [6.45, 7) is 7.04. The molecule has 2 aliphatic heterocycles. The van der Waals surface area contributed by atoms with E-state index in [0.29, 0.717) is 38.5 Å². The van der Waals surface area contributed by atoms with Crippen molar-refractivity contribution in [3.05, 3.63) is 145 Å². The molecule has 0 N–H and O–H groups in total. The molecule has 0 spiro atoms. The number of carbonyl (C=O) groups excluding carboxylic acids is 8. The van der Waals surface area contributed by atoms with Gasteiger partial charge in [0.05, 0.1) is 55.3 Å². The first kappa shape index (κ1) is 51.2. The first-order chi connectivity index (χ1) is 33.9. The van der Waals surface area contributed by atoms with Crippen LogP contribution in [-0.2, 0) is 42.7 Å². The summed E-state index contributed by atoms with van der Waals surface area (Å²) in [6, 6.07) is 22.6. The standard InChI is InChI=1S/C51H48O19/c1-3-36(52)10-6-5-7-28-61-50(58)67-39-23-15-32(16-24-39)46(54)65-37-19-11-34(12-20-37)48(56)69-41-30-63-45-42(31-64-44(41)45)70-49(57)35-13-21-38(22-14-35)66-47(55)33-17-25-40(26-18-33)68-51(59)62-29-9-8-27-60-43(53)4-2/h3-4,11-26,41-42,44-45H,1-2,5-10,27-31H2/t41-,42+,44-,45-/m1/s1. The molecule has 0 aliphatic carbocycles. The van der Waals surface area contributed by atoms with Crippen LogP contribution < -0.4 is 18.9 Å². The van der Waals surface area contributed by atoms with Gasteiger partial charge >= 0.3 is 42.2 Å². The van der Waals surface area contributed by atoms with Gasteiger partial charge in [0.1, 0.15) is 35.2 Å². The number of carbonyl (C=O) groups is 8. The van der Waals surface area contributed by atoms with Crippen molar-refractivity contribution < 1.29 is 90.5 Å². The molecule has 19 heteroatoms. The molecule has 70 heavy (non-hydrogen) atoms. The van der Waals surface area contributed by atoms with Crippen molar-refractivity contribution in [1.29, 1.82) is 0 Å². The molecule has 19 nitrogen and oxygen atoms in total. The zero-order valence-electron chi connectivity index (χ0n) is 37.7. The zero-order chi connectivity index (χ0) is 49.8. The molecule has 0 saturated carbocycles. The van der Waals surface area contributed by atoms with Crippen LogP contribution in [0.5, 0.6) is 23.0 Å². The SMILES string of the molecule is C=CC(=O)CCCCCOC(=O)Oc1ccc(C(=O)Oc2ccc(C(=O)O[C@@H]3CO[C@H]4[C@@H]3OC[C@@H]4OC(=O)c3ccc(OC(=O)c4ccc(OC(=O)OCCCCOC(=O)C=C)cc4)cc3)cc2)cc1. The Morgan fingerprint density at radius 2 is 0.800 bits per heavy atom. The Labute approximate surface area is 401 Å². The summed E-state index contributed by atoms with van der Waals surface area (Å²) in [5.74, 6) is -2.79. The van der Waals surface area contributed by atoms with Gasteiger partial charge in [-0.2, -0.15) is 0 Å². The lowest BCUT2D eigenvalue weighted by Gasteiger charge is -2.17. The van der Waals surface area contributed by atoms with Crippen molar-refractivity contribution in [1.82, 2.24) is 0 Å². The van der Waals surface area contributed by atoms with Gasteiger partial charge < -0.3 is 52.1 Å². The topological polar surface area (TPSA) is 238 Å². The summed E-state index contributed by atoms with van der Waals surface area (Å²) in [5.41, 5.74) is 0.638. The van der Waals surface area contributed by atoms with Crippen molar-refractivity contribution in [2.24, 2.45) is 0 Å². The lowest BCUT2D eigenvalue weighted by atomic mass is 10.1. The van der Waals surface area contributed by atoms with Crippen LogP contribution in [0.3, 0.4) is 0 Å². The van der Waals surface area contributed by atoms with E-state index in [-0.39, 0.29) is 84.1 Å². The van der Waals surface area contributed by atoms with Crippen LogP contribution in [-0.4, -0.2) is 105 Å². The number of esters is 5. The summed E-state index contributed by atoms with van der Waals surface area (Å²) in [6.07, 6.45) is 0.687. The van der Waals surface area contributed by atoms with Gasteiger partial charge in [0.2, 0.25) is 0 Å². The minimum Gasteiger partial charge on any atom is -0.463 e. The molecule has 4 atom stereocenters. The van der Waals surface area contributed by atoms with Crippen molar-refractivity contribution in [2.75, 3.05) is 33.0 Å². The number of fused-ring (bicyclic) bond motifs is 1. The van der Waals surface area contributed by atoms with Gasteiger partial charge in [-0.15, -0.1) is 0 Å². The van der Waals surface area contributed by atoms with Gasteiger partial charge in [0, 0.05) is 12.5 Å². The van der Waals surface area contributed by atoms with Gasteiger partial charge in [0.15, 0.2) is 18.0 Å². The molecule has 6 rings (SSSR count).